The van der Waals surface area contributed by atoms with Gasteiger partial charge in [0.15, 0.2) is 11.6 Å². The van der Waals surface area contributed by atoms with Gasteiger partial charge in [-0.05, 0) is 51.9 Å². The highest BCUT2D eigenvalue weighted by molar-refractivity contribution is 5.68. The van der Waals surface area contributed by atoms with Crippen LogP contribution in [0.3, 0.4) is 0 Å². The molecule has 2 aromatic rings. The second-order valence-corrected chi connectivity index (χ2v) is 9.33. The lowest BCUT2D eigenvalue weighted by Gasteiger charge is -2.27. The summed E-state index contributed by atoms with van der Waals surface area (Å²) in [6.45, 7) is 6.08. The van der Waals surface area contributed by atoms with E-state index in [0.29, 0.717) is 34.5 Å². The first-order chi connectivity index (χ1) is 15.4. The fraction of sp³-hybridized carbons (Fsp3) is 0.667. The van der Waals surface area contributed by atoms with Crippen LogP contribution >= 0.6 is 0 Å². The minimum Gasteiger partial charge on any atom is -0.487 e. The molecule has 0 radical (unpaired) electrons. The number of rotatable bonds is 6. The number of ether oxygens (including phenoxy) is 2. The Morgan fingerprint density at radius 3 is 2.66 bits per heavy atom. The Balaban J connectivity index is 1.43. The molecule has 2 atom stereocenters. The van der Waals surface area contributed by atoms with Gasteiger partial charge in [0.25, 0.3) is 0 Å². The first-order valence-electron chi connectivity index (χ1n) is 11.8. The Morgan fingerprint density at radius 2 is 1.94 bits per heavy atom. The summed E-state index contributed by atoms with van der Waals surface area (Å²) in [7, 11) is 1.80. The molecule has 0 aromatic carbocycles. The van der Waals surface area contributed by atoms with E-state index in [1.807, 2.05) is 13.8 Å². The summed E-state index contributed by atoms with van der Waals surface area (Å²) in [6, 6.07) is 0.260. The third kappa shape index (κ3) is 5.05. The third-order valence-electron chi connectivity index (χ3n) is 6.80. The molecule has 2 saturated carbocycles. The Morgan fingerprint density at radius 1 is 1.16 bits per heavy atom. The van der Waals surface area contributed by atoms with Crippen LogP contribution in [0.4, 0.5) is 4.79 Å². The number of amides is 1. The molecule has 0 aliphatic heterocycles. The number of aromatic nitrogens is 3. The van der Waals surface area contributed by atoms with E-state index < -0.39 is 0 Å². The Hall–Kier alpha value is -2.64. The molecule has 2 heterocycles. The molecule has 0 bridgehead atoms. The molecule has 2 aliphatic carbocycles. The van der Waals surface area contributed by atoms with Crippen LogP contribution in [-0.4, -0.2) is 45.3 Å². The van der Waals surface area contributed by atoms with Crippen LogP contribution in [0.15, 0.2) is 10.7 Å². The Kier molecular flexibility index (Phi) is 6.96. The van der Waals surface area contributed by atoms with Crippen LogP contribution in [0.1, 0.15) is 75.2 Å². The maximum Gasteiger partial charge on any atom is 0.410 e. The highest BCUT2D eigenvalue weighted by Crippen LogP contribution is 2.30. The molecular weight excluding hydrogens is 408 g/mol. The summed E-state index contributed by atoms with van der Waals surface area (Å²) in [5, 5.41) is 4.06. The van der Waals surface area contributed by atoms with E-state index in [4.69, 9.17) is 14.0 Å². The summed E-state index contributed by atoms with van der Waals surface area (Å²) in [5.41, 5.74) is 2.10. The molecule has 8 heteroatoms. The molecule has 0 unspecified atom stereocenters. The van der Waals surface area contributed by atoms with Gasteiger partial charge in [-0.25, -0.2) is 14.8 Å². The molecule has 1 amide bonds. The molecule has 8 nitrogen and oxygen atoms in total. The lowest BCUT2D eigenvalue weighted by molar-refractivity contribution is 0.0917. The summed E-state index contributed by atoms with van der Waals surface area (Å²) < 4.78 is 17.3. The predicted molar refractivity (Wildman–Crippen MR) is 119 cm³/mol. The van der Waals surface area contributed by atoms with Gasteiger partial charge in [-0.1, -0.05) is 31.3 Å². The monoisotopic (exact) mass is 442 g/mol. The van der Waals surface area contributed by atoms with Gasteiger partial charge in [-0.15, -0.1) is 0 Å². The van der Waals surface area contributed by atoms with E-state index in [1.165, 1.54) is 12.8 Å². The number of carbonyl (C=O) groups is 1. The van der Waals surface area contributed by atoms with Crippen LogP contribution in [0.5, 0.6) is 5.75 Å². The first-order valence-corrected chi connectivity index (χ1v) is 11.8. The fourth-order valence-corrected chi connectivity index (χ4v) is 4.76. The van der Waals surface area contributed by atoms with E-state index in [9.17, 15) is 4.79 Å². The zero-order valence-corrected chi connectivity index (χ0v) is 19.6. The van der Waals surface area contributed by atoms with Gasteiger partial charge in [0.05, 0.1) is 29.3 Å². The van der Waals surface area contributed by atoms with Gasteiger partial charge in [-0.2, -0.15) is 0 Å². The SMILES string of the molecule is Cc1nc(-c2onc(C)c2COC(=O)N(C)C2CCCC2)ncc1O[C@H]1CCC[C@H](C)C1. The standard InChI is InChI=1S/C24H34N4O4/c1-15-8-7-11-19(12-15)31-21-13-25-23(26-17(21)3)22-20(16(2)27-32-22)14-30-24(29)28(4)18-9-5-6-10-18/h13,15,18-19H,5-12,14H2,1-4H3/t15-,19-/m0/s1. The number of carbonyl (C=O) groups excluding carboxylic acids is 1. The van der Waals surface area contributed by atoms with Gasteiger partial charge >= 0.3 is 6.09 Å². The van der Waals surface area contributed by atoms with Gasteiger partial charge in [0.1, 0.15) is 6.61 Å². The minimum absolute atomic E-state index is 0.0706. The van der Waals surface area contributed by atoms with E-state index in [1.54, 1.807) is 18.1 Å². The lowest BCUT2D eigenvalue weighted by Crippen LogP contribution is -2.35. The van der Waals surface area contributed by atoms with Crippen molar-refractivity contribution in [3.63, 3.8) is 0 Å². The van der Waals surface area contributed by atoms with Crippen molar-refractivity contribution < 1.29 is 18.8 Å². The van der Waals surface area contributed by atoms with Crippen molar-refractivity contribution in [2.24, 2.45) is 5.92 Å². The third-order valence-corrected chi connectivity index (χ3v) is 6.80. The summed E-state index contributed by atoms with van der Waals surface area (Å²) in [6.07, 6.45) is 10.6. The Bertz CT molecular complexity index is 938. The predicted octanol–water partition coefficient (Wildman–Crippen LogP) is 5.22. The van der Waals surface area contributed by atoms with Gasteiger partial charge < -0.3 is 18.9 Å². The van der Waals surface area contributed by atoms with Crippen LogP contribution in [0.25, 0.3) is 11.6 Å². The first kappa shape index (κ1) is 22.6. The molecular formula is C24H34N4O4. The maximum atomic E-state index is 12.5. The molecule has 2 fully saturated rings. The van der Waals surface area contributed by atoms with Crippen LogP contribution < -0.4 is 4.74 Å². The van der Waals surface area contributed by atoms with Crippen LogP contribution in [0.2, 0.25) is 0 Å². The van der Waals surface area contributed by atoms with Gasteiger partial charge in [-0.3, -0.25) is 0 Å². The molecule has 2 aliphatic rings. The average molecular weight is 443 g/mol. The van der Waals surface area contributed by atoms with Crippen molar-refractivity contribution in [3.05, 3.63) is 23.1 Å². The van der Waals surface area contributed by atoms with E-state index in [-0.39, 0.29) is 24.8 Å². The smallest absolute Gasteiger partial charge is 0.410 e. The molecule has 2 aromatic heterocycles. The minimum atomic E-state index is -0.328. The summed E-state index contributed by atoms with van der Waals surface area (Å²) >= 11 is 0. The van der Waals surface area contributed by atoms with Crippen molar-refractivity contribution in [1.82, 2.24) is 20.0 Å². The number of aryl methyl sites for hydroxylation is 2. The van der Waals surface area contributed by atoms with Crippen molar-refractivity contribution in [1.29, 1.82) is 0 Å². The quantitative estimate of drug-likeness (QED) is 0.606. The number of hydrogen-bond acceptors (Lipinski definition) is 7. The van der Waals surface area contributed by atoms with Crippen molar-refractivity contribution in [2.75, 3.05) is 7.05 Å². The Labute approximate surface area is 189 Å². The zero-order valence-electron chi connectivity index (χ0n) is 19.6. The van der Waals surface area contributed by atoms with Crippen LogP contribution in [-0.2, 0) is 11.3 Å². The highest BCUT2D eigenvalue weighted by Gasteiger charge is 2.26. The lowest BCUT2D eigenvalue weighted by atomic mass is 9.89. The summed E-state index contributed by atoms with van der Waals surface area (Å²) in [5.74, 6) is 2.24. The number of nitrogens with zero attached hydrogens (tertiary/aromatic N) is 4. The average Bonchev–Trinajstić information content (AvgIpc) is 3.43. The van der Waals surface area contributed by atoms with Crippen LogP contribution in [0, 0.1) is 19.8 Å². The fourth-order valence-electron chi connectivity index (χ4n) is 4.76. The maximum absolute atomic E-state index is 12.5. The number of hydrogen-bond donors (Lipinski definition) is 0. The largest absolute Gasteiger partial charge is 0.487 e. The molecule has 0 saturated heterocycles. The second kappa shape index (κ2) is 9.88. The topological polar surface area (TPSA) is 90.6 Å². The van der Waals surface area contributed by atoms with Crippen molar-refractivity contribution in [3.8, 4) is 17.3 Å². The zero-order chi connectivity index (χ0) is 22.7. The van der Waals surface area contributed by atoms with E-state index in [0.717, 1.165) is 44.2 Å². The normalized spacial score (nSPS) is 21.5. The molecule has 4 rings (SSSR count). The molecule has 32 heavy (non-hydrogen) atoms. The van der Waals surface area contributed by atoms with Gasteiger partial charge in [0.2, 0.25) is 5.76 Å². The van der Waals surface area contributed by atoms with Crippen molar-refractivity contribution >= 4 is 6.09 Å². The van der Waals surface area contributed by atoms with Gasteiger partial charge in [0, 0.05) is 13.1 Å². The highest BCUT2D eigenvalue weighted by atomic mass is 16.6. The van der Waals surface area contributed by atoms with Crippen molar-refractivity contribution in [2.45, 2.75) is 90.9 Å². The van der Waals surface area contributed by atoms with E-state index in [2.05, 4.69) is 22.0 Å². The molecule has 0 N–H and O–H groups in total. The molecule has 174 valence electrons. The summed E-state index contributed by atoms with van der Waals surface area (Å²) in [4.78, 5) is 23.3. The second-order valence-electron chi connectivity index (χ2n) is 9.33. The molecule has 0 spiro atoms. The van der Waals surface area contributed by atoms with E-state index >= 15 is 0 Å².